The predicted molar refractivity (Wildman–Crippen MR) is 39.1 cm³/mol. The van der Waals surface area contributed by atoms with Gasteiger partial charge >= 0.3 is 0 Å². The summed E-state index contributed by atoms with van der Waals surface area (Å²) in [5, 5.41) is 0.315. The van der Waals surface area contributed by atoms with Gasteiger partial charge in [0, 0.05) is 5.38 Å². The SMILES string of the molecule is [CH2]CC(Cl)CCCC. The van der Waals surface area contributed by atoms with Crippen LogP contribution in [0.3, 0.4) is 0 Å². The Hall–Kier alpha value is 0.290. The van der Waals surface area contributed by atoms with E-state index < -0.39 is 0 Å². The van der Waals surface area contributed by atoms with Crippen LogP contribution in [0, 0.1) is 6.92 Å². The molecule has 0 amide bonds. The summed E-state index contributed by atoms with van der Waals surface area (Å²) in [5.41, 5.74) is 0. The molecule has 0 bridgehead atoms. The van der Waals surface area contributed by atoms with Crippen LogP contribution in [0.25, 0.3) is 0 Å². The fraction of sp³-hybridized carbons (Fsp3) is 0.857. The van der Waals surface area contributed by atoms with E-state index in [0.29, 0.717) is 5.38 Å². The first kappa shape index (κ1) is 8.29. The van der Waals surface area contributed by atoms with Crippen LogP contribution in [0.15, 0.2) is 0 Å². The number of rotatable bonds is 4. The number of halogens is 1. The Morgan fingerprint density at radius 2 is 2.25 bits per heavy atom. The molecule has 0 N–H and O–H groups in total. The number of hydrogen-bond acceptors (Lipinski definition) is 0. The summed E-state index contributed by atoms with van der Waals surface area (Å²) in [4.78, 5) is 0. The van der Waals surface area contributed by atoms with Crippen molar-refractivity contribution in [2.75, 3.05) is 0 Å². The van der Waals surface area contributed by atoms with E-state index in [1.165, 1.54) is 12.8 Å². The van der Waals surface area contributed by atoms with E-state index in [-0.39, 0.29) is 0 Å². The van der Waals surface area contributed by atoms with Crippen molar-refractivity contribution < 1.29 is 0 Å². The first-order chi connectivity index (χ1) is 3.81. The molecule has 49 valence electrons. The molecule has 0 aliphatic heterocycles. The van der Waals surface area contributed by atoms with E-state index in [2.05, 4.69) is 13.8 Å². The van der Waals surface area contributed by atoms with Crippen molar-refractivity contribution in [1.82, 2.24) is 0 Å². The molecule has 0 heterocycles. The summed E-state index contributed by atoms with van der Waals surface area (Å²) in [6.07, 6.45) is 4.47. The molecule has 1 heteroatoms. The Labute approximate surface area is 57.2 Å². The summed E-state index contributed by atoms with van der Waals surface area (Å²) >= 11 is 5.78. The lowest BCUT2D eigenvalue weighted by molar-refractivity contribution is 0.680. The summed E-state index contributed by atoms with van der Waals surface area (Å²) < 4.78 is 0. The van der Waals surface area contributed by atoms with E-state index in [4.69, 9.17) is 11.6 Å². The van der Waals surface area contributed by atoms with Crippen LogP contribution in [0.5, 0.6) is 0 Å². The van der Waals surface area contributed by atoms with Crippen LogP contribution < -0.4 is 0 Å². The highest BCUT2D eigenvalue weighted by molar-refractivity contribution is 6.20. The summed E-state index contributed by atoms with van der Waals surface area (Å²) in [6.45, 7) is 5.88. The molecule has 0 aliphatic carbocycles. The lowest BCUT2D eigenvalue weighted by Crippen LogP contribution is -1.93. The Kier molecular flexibility index (Phi) is 5.62. The van der Waals surface area contributed by atoms with Gasteiger partial charge in [-0.25, -0.2) is 0 Å². The van der Waals surface area contributed by atoms with Gasteiger partial charge in [-0.15, -0.1) is 11.6 Å². The molecule has 0 nitrogen and oxygen atoms in total. The van der Waals surface area contributed by atoms with E-state index in [9.17, 15) is 0 Å². The van der Waals surface area contributed by atoms with Crippen LogP contribution in [0.2, 0.25) is 0 Å². The second kappa shape index (κ2) is 5.43. The van der Waals surface area contributed by atoms with Gasteiger partial charge in [-0.2, -0.15) is 0 Å². The molecule has 0 aromatic carbocycles. The minimum absolute atomic E-state index is 0.315. The van der Waals surface area contributed by atoms with Crippen LogP contribution in [0.1, 0.15) is 32.6 Å². The standard InChI is InChI=1S/C7H14Cl/c1-3-5-6-7(8)4-2/h7H,2-6H2,1H3. The lowest BCUT2D eigenvalue weighted by Gasteiger charge is -2.01. The molecule has 0 fully saturated rings. The molecule has 0 aromatic rings. The van der Waals surface area contributed by atoms with Gasteiger partial charge in [-0.1, -0.05) is 26.7 Å². The first-order valence-corrected chi connectivity index (χ1v) is 3.68. The third-order valence-electron chi connectivity index (χ3n) is 1.18. The summed E-state index contributed by atoms with van der Waals surface area (Å²) in [7, 11) is 0. The molecule has 1 atom stereocenters. The van der Waals surface area contributed by atoms with E-state index in [0.717, 1.165) is 12.8 Å². The third-order valence-corrected chi connectivity index (χ3v) is 1.62. The third kappa shape index (κ3) is 4.45. The maximum atomic E-state index is 5.78. The minimum atomic E-state index is 0.315. The molecule has 1 unspecified atom stereocenters. The van der Waals surface area contributed by atoms with Gasteiger partial charge in [0.25, 0.3) is 0 Å². The number of hydrogen-bond donors (Lipinski definition) is 0. The maximum Gasteiger partial charge on any atom is 0.0336 e. The van der Waals surface area contributed by atoms with Gasteiger partial charge < -0.3 is 0 Å². The van der Waals surface area contributed by atoms with Crippen molar-refractivity contribution >= 4 is 11.6 Å². The zero-order valence-corrected chi connectivity index (χ0v) is 6.25. The second-order valence-electron chi connectivity index (χ2n) is 2.03. The zero-order chi connectivity index (χ0) is 6.41. The van der Waals surface area contributed by atoms with Crippen LogP contribution in [-0.4, -0.2) is 5.38 Å². The number of unbranched alkanes of at least 4 members (excludes halogenated alkanes) is 1. The highest BCUT2D eigenvalue weighted by atomic mass is 35.5. The molecule has 0 saturated heterocycles. The van der Waals surface area contributed by atoms with Crippen molar-refractivity contribution in [2.45, 2.75) is 38.0 Å². The summed E-state index contributed by atoms with van der Waals surface area (Å²) in [5.74, 6) is 0. The largest absolute Gasteiger partial charge is 0.123 e. The monoisotopic (exact) mass is 133 g/mol. The van der Waals surface area contributed by atoms with Gasteiger partial charge in [0.1, 0.15) is 0 Å². The fourth-order valence-electron chi connectivity index (χ4n) is 0.570. The van der Waals surface area contributed by atoms with Gasteiger partial charge in [0.2, 0.25) is 0 Å². The van der Waals surface area contributed by atoms with Crippen molar-refractivity contribution in [3.05, 3.63) is 6.92 Å². The highest BCUT2D eigenvalue weighted by Crippen LogP contribution is 2.09. The minimum Gasteiger partial charge on any atom is -0.123 e. The topological polar surface area (TPSA) is 0 Å². The predicted octanol–water partition coefficient (Wildman–Crippen LogP) is 3.01. The molecular formula is C7H14Cl. The Balaban J connectivity index is 2.86. The van der Waals surface area contributed by atoms with Crippen molar-refractivity contribution in [2.24, 2.45) is 0 Å². The van der Waals surface area contributed by atoms with Crippen molar-refractivity contribution in [3.63, 3.8) is 0 Å². The van der Waals surface area contributed by atoms with Crippen LogP contribution >= 0.6 is 11.6 Å². The smallest absolute Gasteiger partial charge is 0.0336 e. The first-order valence-electron chi connectivity index (χ1n) is 3.24. The molecule has 0 aliphatic rings. The number of alkyl halides is 1. The van der Waals surface area contributed by atoms with E-state index >= 15 is 0 Å². The Bertz CT molecular complexity index is 43.7. The second-order valence-corrected chi connectivity index (χ2v) is 2.65. The average Bonchev–Trinajstić information content (AvgIpc) is 1.83. The Morgan fingerprint density at radius 3 is 2.62 bits per heavy atom. The quantitative estimate of drug-likeness (QED) is 0.518. The van der Waals surface area contributed by atoms with Crippen molar-refractivity contribution in [3.8, 4) is 0 Å². The normalized spacial score (nSPS) is 13.9. The van der Waals surface area contributed by atoms with Crippen molar-refractivity contribution in [1.29, 1.82) is 0 Å². The lowest BCUT2D eigenvalue weighted by atomic mass is 10.2. The zero-order valence-electron chi connectivity index (χ0n) is 5.49. The summed E-state index contributed by atoms with van der Waals surface area (Å²) in [6, 6.07) is 0. The van der Waals surface area contributed by atoms with E-state index in [1.807, 2.05) is 0 Å². The molecule has 0 saturated carbocycles. The van der Waals surface area contributed by atoms with Gasteiger partial charge in [0.15, 0.2) is 0 Å². The fourth-order valence-corrected chi connectivity index (χ4v) is 0.724. The van der Waals surface area contributed by atoms with Crippen LogP contribution in [-0.2, 0) is 0 Å². The van der Waals surface area contributed by atoms with Gasteiger partial charge in [-0.05, 0) is 12.8 Å². The molecule has 0 rings (SSSR count). The maximum absolute atomic E-state index is 5.78. The van der Waals surface area contributed by atoms with Gasteiger partial charge in [-0.3, -0.25) is 0 Å². The van der Waals surface area contributed by atoms with Crippen LogP contribution in [0.4, 0.5) is 0 Å². The Morgan fingerprint density at radius 1 is 1.62 bits per heavy atom. The molecule has 8 heavy (non-hydrogen) atoms. The molecule has 0 spiro atoms. The highest BCUT2D eigenvalue weighted by Gasteiger charge is 1.97. The van der Waals surface area contributed by atoms with E-state index in [1.54, 1.807) is 0 Å². The molecule has 1 radical (unpaired) electrons. The van der Waals surface area contributed by atoms with Gasteiger partial charge in [0.05, 0.1) is 0 Å². The molecular weight excluding hydrogens is 120 g/mol. The molecule has 0 aromatic heterocycles. The average molecular weight is 134 g/mol.